The van der Waals surface area contributed by atoms with Crippen LogP contribution in [0.3, 0.4) is 0 Å². The minimum atomic E-state index is 0.503. The van der Waals surface area contributed by atoms with E-state index in [1.165, 1.54) is 5.56 Å². The molecule has 0 bridgehead atoms. The number of benzene rings is 1. The molecule has 1 rings (SSSR count). The summed E-state index contributed by atoms with van der Waals surface area (Å²) in [6, 6.07) is 8.24. The van der Waals surface area contributed by atoms with Gasteiger partial charge in [0.15, 0.2) is 0 Å². The first-order valence-corrected chi connectivity index (χ1v) is 6.05. The lowest BCUT2D eigenvalue weighted by molar-refractivity contribution is 0.130. The SMILES string of the molecule is CCOCCCOc1ccccc1C(C)C. The van der Waals surface area contributed by atoms with E-state index in [0.29, 0.717) is 5.92 Å². The van der Waals surface area contributed by atoms with Crippen LogP contribution in [0.2, 0.25) is 0 Å². The van der Waals surface area contributed by atoms with Crippen LogP contribution < -0.4 is 4.74 Å². The van der Waals surface area contributed by atoms with Gasteiger partial charge in [-0.15, -0.1) is 0 Å². The number of rotatable bonds is 7. The van der Waals surface area contributed by atoms with Gasteiger partial charge in [0.25, 0.3) is 0 Å². The van der Waals surface area contributed by atoms with E-state index in [1.807, 2.05) is 19.1 Å². The quantitative estimate of drug-likeness (QED) is 0.656. The van der Waals surface area contributed by atoms with E-state index in [9.17, 15) is 0 Å². The number of para-hydroxylation sites is 1. The maximum Gasteiger partial charge on any atom is 0.122 e. The second-order valence-corrected chi connectivity index (χ2v) is 4.09. The Morgan fingerprint density at radius 2 is 1.88 bits per heavy atom. The molecular formula is C14H22O2. The highest BCUT2D eigenvalue weighted by Crippen LogP contribution is 2.25. The Bertz CT molecular complexity index is 295. The van der Waals surface area contributed by atoms with Crippen molar-refractivity contribution in [1.29, 1.82) is 0 Å². The summed E-state index contributed by atoms with van der Waals surface area (Å²) in [5, 5.41) is 0. The summed E-state index contributed by atoms with van der Waals surface area (Å²) >= 11 is 0. The van der Waals surface area contributed by atoms with Crippen molar-refractivity contribution < 1.29 is 9.47 Å². The molecule has 0 aliphatic heterocycles. The minimum Gasteiger partial charge on any atom is -0.493 e. The monoisotopic (exact) mass is 222 g/mol. The van der Waals surface area contributed by atoms with Crippen LogP contribution in [0.1, 0.15) is 38.7 Å². The molecular weight excluding hydrogens is 200 g/mol. The summed E-state index contributed by atoms with van der Waals surface area (Å²) in [4.78, 5) is 0. The smallest absolute Gasteiger partial charge is 0.122 e. The number of hydrogen-bond acceptors (Lipinski definition) is 2. The van der Waals surface area contributed by atoms with E-state index in [4.69, 9.17) is 9.47 Å². The first-order valence-electron chi connectivity index (χ1n) is 6.05. The van der Waals surface area contributed by atoms with Gasteiger partial charge in [-0.1, -0.05) is 32.0 Å². The standard InChI is InChI=1S/C14H22O2/c1-4-15-10-7-11-16-14-9-6-5-8-13(14)12(2)3/h5-6,8-9,12H,4,7,10-11H2,1-3H3. The van der Waals surface area contributed by atoms with Crippen molar-refractivity contribution >= 4 is 0 Å². The van der Waals surface area contributed by atoms with Crippen molar-refractivity contribution in [3.05, 3.63) is 29.8 Å². The maximum absolute atomic E-state index is 5.77. The Morgan fingerprint density at radius 3 is 2.56 bits per heavy atom. The highest BCUT2D eigenvalue weighted by Gasteiger charge is 2.05. The van der Waals surface area contributed by atoms with Gasteiger partial charge in [-0.25, -0.2) is 0 Å². The third-order valence-electron chi connectivity index (χ3n) is 2.44. The summed E-state index contributed by atoms with van der Waals surface area (Å²) in [6.07, 6.45) is 0.945. The Hall–Kier alpha value is -1.02. The highest BCUT2D eigenvalue weighted by atomic mass is 16.5. The number of hydrogen-bond donors (Lipinski definition) is 0. The molecule has 0 fully saturated rings. The summed E-state index contributed by atoms with van der Waals surface area (Å²) in [6.45, 7) is 8.66. The largest absolute Gasteiger partial charge is 0.493 e. The van der Waals surface area contributed by atoms with Crippen molar-refractivity contribution in [2.45, 2.75) is 33.1 Å². The molecule has 2 heteroatoms. The molecule has 16 heavy (non-hydrogen) atoms. The number of ether oxygens (including phenoxy) is 2. The normalized spacial score (nSPS) is 10.8. The molecule has 0 amide bonds. The molecule has 0 atom stereocenters. The lowest BCUT2D eigenvalue weighted by Crippen LogP contribution is -2.04. The Kier molecular flexibility index (Phi) is 5.94. The van der Waals surface area contributed by atoms with Crippen LogP contribution in [0.15, 0.2) is 24.3 Å². The van der Waals surface area contributed by atoms with Gasteiger partial charge in [0.1, 0.15) is 5.75 Å². The zero-order valence-corrected chi connectivity index (χ0v) is 10.5. The van der Waals surface area contributed by atoms with Gasteiger partial charge in [-0.2, -0.15) is 0 Å². The average Bonchev–Trinajstić information content (AvgIpc) is 2.29. The van der Waals surface area contributed by atoms with Crippen LogP contribution in [-0.2, 0) is 4.74 Å². The van der Waals surface area contributed by atoms with E-state index >= 15 is 0 Å². The van der Waals surface area contributed by atoms with Crippen molar-refractivity contribution in [2.24, 2.45) is 0 Å². The molecule has 0 N–H and O–H groups in total. The summed E-state index contributed by atoms with van der Waals surface area (Å²) in [5.41, 5.74) is 1.28. The van der Waals surface area contributed by atoms with Gasteiger partial charge in [0.05, 0.1) is 6.61 Å². The zero-order valence-electron chi connectivity index (χ0n) is 10.5. The predicted molar refractivity (Wildman–Crippen MR) is 67.1 cm³/mol. The Morgan fingerprint density at radius 1 is 1.12 bits per heavy atom. The molecule has 90 valence electrons. The third-order valence-corrected chi connectivity index (χ3v) is 2.44. The van der Waals surface area contributed by atoms with E-state index in [1.54, 1.807) is 0 Å². The molecule has 1 aromatic rings. The van der Waals surface area contributed by atoms with Gasteiger partial charge in [0, 0.05) is 19.6 Å². The van der Waals surface area contributed by atoms with Crippen LogP contribution in [0.25, 0.3) is 0 Å². The molecule has 0 aliphatic carbocycles. The molecule has 0 aliphatic rings. The van der Waals surface area contributed by atoms with Crippen LogP contribution >= 0.6 is 0 Å². The van der Waals surface area contributed by atoms with Gasteiger partial charge in [-0.05, 0) is 24.5 Å². The van der Waals surface area contributed by atoms with Gasteiger partial charge < -0.3 is 9.47 Å². The lowest BCUT2D eigenvalue weighted by atomic mass is 10.0. The second-order valence-electron chi connectivity index (χ2n) is 4.09. The molecule has 0 heterocycles. The Balaban J connectivity index is 2.41. The van der Waals surface area contributed by atoms with Crippen molar-refractivity contribution in [1.82, 2.24) is 0 Å². The summed E-state index contributed by atoms with van der Waals surface area (Å²) < 4.78 is 11.0. The molecule has 2 nitrogen and oxygen atoms in total. The van der Waals surface area contributed by atoms with E-state index in [0.717, 1.165) is 32.0 Å². The third kappa shape index (κ3) is 4.23. The van der Waals surface area contributed by atoms with Gasteiger partial charge in [-0.3, -0.25) is 0 Å². The second kappa shape index (κ2) is 7.29. The molecule has 0 unspecified atom stereocenters. The molecule has 0 spiro atoms. The maximum atomic E-state index is 5.77. The van der Waals surface area contributed by atoms with Crippen LogP contribution in [0, 0.1) is 0 Å². The van der Waals surface area contributed by atoms with Crippen LogP contribution in [0.5, 0.6) is 5.75 Å². The van der Waals surface area contributed by atoms with E-state index in [-0.39, 0.29) is 0 Å². The first-order chi connectivity index (χ1) is 7.75. The predicted octanol–water partition coefficient (Wildman–Crippen LogP) is 3.62. The lowest BCUT2D eigenvalue weighted by Gasteiger charge is -2.13. The first kappa shape index (κ1) is 13.0. The van der Waals surface area contributed by atoms with E-state index in [2.05, 4.69) is 26.0 Å². The Labute approximate surface area is 98.6 Å². The average molecular weight is 222 g/mol. The van der Waals surface area contributed by atoms with Crippen molar-refractivity contribution in [3.8, 4) is 5.75 Å². The fourth-order valence-electron chi connectivity index (χ4n) is 1.58. The topological polar surface area (TPSA) is 18.5 Å². The molecule has 0 aromatic heterocycles. The van der Waals surface area contributed by atoms with Crippen LogP contribution in [-0.4, -0.2) is 19.8 Å². The molecule has 1 aromatic carbocycles. The molecule has 0 radical (unpaired) electrons. The van der Waals surface area contributed by atoms with E-state index < -0.39 is 0 Å². The van der Waals surface area contributed by atoms with Gasteiger partial charge in [0.2, 0.25) is 0 Å². The van der Waals surface area contributed by atoms with Crippen molar-refractivity contribution in [3.63, 3.8) is 0 Å². The van der Waals surface area contributed by atoms with Crippen molar-refractivity contribution in [2.75, 3.05) is 19.8 Å². The zero-order chi connectivity index (χ0) is 11.8. The molecule has 0 saturated carbocycles. The van der Waals surface area contributed by atoms with Crippen LogP contribution in [0.4, 0.5) is 0 Å². The minimum absolute atomic E-state index is 0.503. The highest BCUT2D eigenvalue weighted by molar-refractivity contribution is 5.35. The summed E-state index contributed by atoms with van der Waals surface area (Å²) in [7, 11) is 0. The van der Waals surface area contributed by atoms with Gasteiger partial charge >= 0.3 is 0 Å². The summed E-state index contributed by atoms with van der Waals surface area (Å²) in [5.74, 6) is 1.51. The molecule has 0 saturated heterocycles. The fraction of sp³-hybridized carbons (Fsp3) is 0.571. The fourth-order valence-corrected chi connectivity index (χ4v) is 1.58.